The number of rotatable bonds is 4. The highest BCUT2D eigenvalue weighted by atomic mass is 32.2. The van der Waals surface area contributed by atoms with Crippen molar-refractivity contribution in [2.75, 3.05) is 18.1 Å². The number of sulfonamides is 1. The molecule has 0 unspecified atom stereocenters. The van der Waals surface area contributed by atoms with Crippen LogP contribution in [0.15, 0.2) is 16.7 Å². The molecule has 10 heteroatoms. The summed E-state index contributed by atoms with van der Waals surface area (Å²) in [6.45, 7) is 3.55. The number of benzene rings is 1. The van der Waals surface area contributed by atoms with E-state index >= 15 is 0 Å². The highest BCUT2D eigenvalue weighted by Crippen LogP contribution is 2.32. The lowest BCUT2D eigenvalue weighted by molar-refractivity contribution is 0.0603. The van der Waals surface area contributed by atoms with Gasteiger partial charge in [0, 0.05) is 5.56 Å². The zero-order valence-corrected chi connectivity index (χ0v) is 14.8. The zero-order valence-electron chi connectivity index (χ0n) is 14.0. The van der Waals surface area contributed by atoms with E-state index in [0.717, 1.165) is 11.8 Å². The van der Waals surface area contributed by atoms with Gasteiger partial charge in [0.25, 0.3) is 0 Å². The van der Waals surface area contributed by atoms with E-state index in [1.54, 1.807) is 26.0 Å². The number of H-pyrrole nitrogens is 1. The third-order valence-corrected chi connectivity index (χ3v) is 4.16. The number of methoxy groups -OCH3 is 1. The maximum atomic E-state index is 12.2. The molecule has 0 aliphatic carbocycles. The number of carbonyl (C=O) groups is 1. The van der Waals surface area contributed by atoms with E-state index in [9.17, 15) is 13.2 Å². The topological polar surface area (TPSA) is 127 Å². The highest BCUT2D eigenvalue weighted by molar-refractivity contribution is 7.91. The predicted molar refractivity (Wildman–Crippen MR) is 90.9 cm³/mol. The molecule has 0 spiro atoms. The van der Waals surface area contributed by atoms with E-state index in [2.05, 4.69) is 19.8 Å². The van der Waals surface area contributed by atoms with Gasteiger partial charge in [-0.25, -0.2) is 18.2 Å². The maximum Gasteiger partial charge on any atom is 0.340 e. The molecular weight excluding hydrogens is 348 g/mol. The number of ether oxygens (including phenoxy) is 1. The minimum atomic E-state index is -3.52. The molecule has 0 atom stereocenters. The second kappa shape index (κ2) is 5.88. The van der Waals surface area contributed by atoms with E-state index < -0.39 is 16.0 Å². The van der Waals surface area contributed by atoms with Crippen molar-refractivity contribution < 1.29 is 22.5 Å². The first-order valence-electron chi connectivity index (χ1n) is 7.22. The second-order valence-corrected chi connectivity index (χ2v) is 7.32. The van der Waals surface area contributed by atoms with Crippen molar-refractivity contribution in [3.8, 4) is 11.1 Å². The molecule has 2 heterocycles. The van der Waals surface area contributed by atoms with Crippen LogP contribution in [0.5, 0.6) is 0 Å². The molecule has 132 valence electrons. The fourth-order valence-corrected chi connectivity index (χ4v) is 3.09. The van der Waals surface area contributed by atoms with Gasteiger partial charge in [-0.3, -0.25) is 4.72 Å². The molecule has 1 aromatic carbocycles. The van der Waals surface area contributed by atoms with Gasteiger partial charge < -0.3 is 14.2 Å². The van der Waals surface area contributed by atoms with Gasteiger partial charge in [-0.2, -0.15) is 0 Å². The number of fused-ring (bicyclic) bond motifs is 1. The van der Waals surface area contributed by atoms with Gasteiger partial charge in [0.2, 0.25) is 16.0 Å². The molecule has 0 aliphatic rings. The number of anilines is 1. The van der Waals surface area contributed by atoms with Crippen molar-refractivity contribution in [2.45, 2.75) is 13.8 Å². The number of aromatic nitrogens is 3. The number of nitrogens with one attached hydrogen (secondary N) is 2. The molecule has 0 fully saturated rings. The molecule has 3 aromatic rings. The van der Waals surface area contributed by atoms with Gasteiger partial charge in [0.05, 0.1) is 30.1 Å². The average Bonchev–Trinajstić information content (AvgIpc) is 3.06. The van der Waals surface area contributed by atoms with E-state index in [1.807, 2.05) is 0 Å². The van der Waals surface area contributed by atoms with E-state index in [0.29, 0.717) is 28.1 Å². The Bertz CT molecular complexity index is 1060. The number of imidazole rings is 1. The highest BCUT2D eigenvalue weighted by Gasteiger charge is 2.20. The van der Waals surface area contributed by atoms with Gasteiger partial charge in [0.15, 0.2) is 0 Å². The van der Waals surface area contributed by atoms with Crippen LogP contribution in [-0.2, 0) is 14.8 Å². The molecule has 0 amide bonds. The molecule has 2 aromatic heterocycles. The summed E-state index contributed by atoms with van der Waals surface area (Å²) in [6.07, 6.45) is 1.01. The Labute approximate surface area is 143 Å². The normalized spacial score (nSPS) is 11.7. The van der Waals surface area contributed by atoms with Crippen LogP contribution in [0, 0.1) is 13.8 Å². The van der Waals surface area contributed by atoms with Crippen LogP contribution in [0.1, 0.15) is 21.8 Å². The lowest BCUT2D eigenvalue weighted by atomic mass is 10.0. The number of carbonyl (C=O) groups excluding carboxylic acids is 1. The van der Waals surface area contributed by atoms with Crippen LogP contribution in [0.25, 0.3) is 22.2 Å². The van der Waals surface area contributed by atoms with Crippen LogP contribution in [0.3, 0.4) is 0 Å². The molecule has 0 saturated heterocycles. The van der Waals surface area contributed by atoms with Gasteiger partial charge in [-0.1, -0.05) is 5.16 Å². The third kappa shape index (κ3) is 3.20. The maximum absolute atomic E-state index is 12.2. The van der Waals surface area contributed by atoms with Crippen LogP contribution in [0.2, 0.25) is 0 Å². The molecule has 0 saturated carbocycles. The fourth-order valence-electron chi connectivity index (χ4n) is 2.65. The lowest BCUT2D eigenvalue weighted by Gasteiger charge is -2.05. The van der Waals surface area contributed by atoms with Crippen molar-refractivity contribution >= 4 is 33.0 Å². The summed E-state index contributed by atoms with van der Waals surface area (Å²) in [6, 6.07) is 3.36. The first-order chi connectivity index (χ1) is 11.7. The summed E-state index contributed by atoms with van der Waals surface area (Å²) < 4.78 is 35.1. The van der Waals surface area contributed by atoms with Crippen molar-refractivity contribution in [1.82, 2.24) is 15.1 Å². The third-order valence-electron chi connectivity index (χ3n) is 3.60. The molecule has 3 rings (SSSR count). The Kier molecular flexibility index (Phi) is 3.99. The van der Waals surface area contributed by atoms with Crippen LogP contribution in [0.4, 0.5) is 5.95 Å². The zero-order chi connectivity index (χ0) is 18.4. The SMILES string of the molecule is COC(=O)c1cc(-c2c(C)noc2C)cc2[nH]c(NS(C)(=O)=O)nc12. The van der Waals surface area contributed by atoms with Gasteiger partial charge in [0.1, 0.15) is 11.3 Å². The molecular formula is C15H16N4O5S. The first kappa shape index (κ1) is 17.0. The van der Waals surface area contributed by atoms with Crippen molar-refractivity contribution in [1.29, 1.82) is 0 Å². The summed E-state index contributed by atoms with van der Waals surface area (Å²) >= 11 is 0. The Morgan fingerprint density at radius 1 is 1.32 bits per heavy atom. The molecule has 9 nitrogen and oxygen atoms in total. The lowest BCUT2D eigenvalue weighted by Crippen LogP contribution is -2.10. The largest absolute Gasteiger partial charge is 0.465 e. The number of nitrogens with zero attached hydrogens (tertiary/aromatic N) is 2. The van der Waals surface area contributed by atoms with Crippen molar-refractivity contribution in [3.05, 3.63) is 29.2 Å². The molecule has 0 bridgehead atoms. The summed E-state index contributed by atoms with van der Waals surface area (Å²) in [5.41, 5.74) is 3.07. The van der Waals surface area contributed by atoms with Gasteiger partial charge in [-0.15, -0.1) is 0 Å². The number of aryl methyl sites for hydroxylation is 2. The number of aromatic amines is 1. The summed E-state index contributed by atoms with van der Waals surface area (Å²) in [7, 11) is -2.25. The molecule has 25 heavy (non-hydrogen) atoms. The predicted octanol–water partition coefficient (Wildman–Crippen LogP) is 1.99. The second-order valence-electron chi connectivity index (χ2n) is 5.57. The molecule has 0 aliphatic heterocycles. The number of esters is 1. The quantitative estimate of drug-likeness (QED) is 0.678. The Morgan fingerprint density at radius 2 is 2.04 bits per heavy atom. The molecule has 2 N–H and O–H groups in total. The van der Waals surface area contributed by atoms with Gasteiger partial charge >= 0.3 is 5.97 Å². The monoisotopic (exact) mass is 364 g/mol. The fraction of sp³-hybridized carbons (Fsp3) is 0.267. The smallest absolute Gasteiger partial charge is 0.340 e. The van der Waals surface area contributed by atoms with Crippen LogP contribution < -0.4 is 4.72 Å². The number of hydrogen-bond acceptors (Lipinski definition) is 7. The van der Waals surface area contributed by atoms with E-state index in [1.165, 1.54) is 7.11 Å². The van der Waals surface area contributed by atoms with E-state index in [-0.39, 0.29) is 11.5 Å². The van der Waals surface area contributed by atoms with E-state index in [4.69, 9.17) is 9.26 Å². The van der Waals surface area contributed by atoms with Crippen LogP contribution >= 0.6 is 0 Å². The minimum absolute atomic E-state index is 0.0126. The first-order valence-corrected chi connectivity index (χ1v) is 9.12. The molecule has 0 radical (unpaired) electrons. The van der Waals surface area contributed by atoms with Crippen LogP contribution in [-0.4, -0.2) is 42.9 Å². The summed E-state index contributed by atoms with van der Waals surface area (Å²) in [4.78, 5) is 19.2. The Balaban J connectivity index is 2.26. The standard InChI is InChI=1S/C15H16N4O5S/c1-7-12(8(2)24-18-7)9-5-10(14(20)23-3)13-11(6-9)16-15(17-13)19-25(4,21)22/h5-6H,1-4H3,(H2,16,17,19). The average molecular weight is 364 g/mol. The van der Waals surface area contributed by atoms with Crippen molar-refractivity contribution in [3.63, 3.8) is 0 Å². The van der Waals surface area contributed by atoms with Crippen molar-refractivity contribution in [2.24, 2.45) is 0 Å². The summed E-state index contributed by atoms with van der Waals surface area (Å²) in [5, 5.41) is 3.91. The number of hydrogen-bond donors (Lipinski definition) is 2. The summed E-state index contributed by atoms with van der Waals surface area (Å²) in [5.74, 6) is 0.0243. The Hall–Kier alpha value is -2.88. The van der Waals surface area contributed by atoms with Gasteiger partial charge in [-0.05, 0) is 31.5 Å². The minimum Gasteiger partial charge on any atom is -0.465 e. The Morgan fingerprint density at radius 3 is 2.60 bits per heavy atom.